The fraction of sp³-hybridized carbons (Fsp3) is 0.333. The van der Waals surface area contributed by atoms with E-state index >= 15 is 0 Å². The number of amides is 2. The molecule has 0 saturated carbocycles. The van der Waals surface area contributed by atoms with Gasteiger partial charge in [0.25, 0.3) is 5.91 Å². The van der Waals surface area contributed by atoms with E-state index in [4.69, 9.17) is 4.74 Å². The van der Waals surface area contributed by atoms with Crippen LogP contribution in [0.2, 0.25) is 0 Å². The van der Waals surface area contributed by atoms with Gasteiger partial charge in [0.15, 0.2) is 6.61 Å². The summed E-state index contributed by atoms with van der Waals surface area (Å²) in [4.78, 5) is 26.2. The number of hydrogen-bond acceptors (Lipinski definition) is 3. The van der Waals surface area contributed by atoms with Crippen LogP contribution in [0.1, 0.15) is 25.0 Å². The van der Waals surface area contributed by atoms with E-state index in [0.717, 1.165) is 18.5 Å². The van der Waals surface area contributed by atoms with E-state index in [9.17, 15) is 14.0 Å². The largest absolute Gasteiger partial charge is 0.484 e. The van der Waals surface area contributed by atoms with Crippen LogP contribution in [-0.2, 0) is 22.6 Å². The van der Waals surface area contributed by atoms with Crippen molar-refractivity contribution in [2.45, 2.75) is 26.8 Å². The van der Waals surface area contributed by atoms with Crippen LogP contribution in [0.5, 0.6) is 5.75 Å². The predicted molar refractivity (Wildman–Crippen MR) is 101 cm³/mol. The average molecular weight is 370 g/mol. The second kappa shape index (κ2) is 8.20. The van der Waals surface area contributed by atoms with E-state index in [1.807, 2.05) is 36.9 Å². The van der Waals surface area contributed by atoms with E-state index in [-0.39, 0.29) is 30.2 Å². The summed E-state index contributed by atoms with van der Waals surface area (Å²) in [6.45, 7) is 4.91. The van der Waals surface area contributed by atoms with Crippen molar-refractivity contribution < 1.29 is 18.7 Å². The van der Waals surface area contributed by atoms with Gasteiger partial charge >= 0.3 is 0 Å². The Morgan fingerprint density at radius 2 is 1.89 bits per heavy atom. The lowest BCUT2D eigenvalue weighted by atomic mass is 9.98. The van der Waals surface area contributed by atoms with Crippen molar-refractivity contribution in [3.8, 4) is 5.75 Å². The summed E-state index contributed by atoms with van der Waals surface area (Å²) in [5.41, 5.74) is 2.91. The van der Waals surface area contributed by atoms with Crippen molar-refractivity contribution >= 4 is 17.5 Å². The molecule has 0 radical (unpaired) electrons. The van der Waals surface area contributed by atoms with Gasteiger partial charge in [-0.05, 0) is 53.9 Å². The molecule has 3 rings (SSSR count). The first kappa shape index (κ1) is 18.9. The standard InChI is InChI=1S/C21H23FN2O3/c1-14(2)21(26)24-10-9-15-3-6-18(11-16(15)12-24)23-20(25)13-27-19-7-4-17(22)5-8-19/h3-8,11,14H,9-10,12-13H2,1-2H3,(H,23,25). The maximum atomic E-state index is 12.9. The van der Waals surface area contributed by atoms with Crippen molar-refractivity contribution in [2.75, 3.05) is 18.5 Å². The Morgan fingerprint density at radius 1 is 1.15 bits per heavy atom. The number of hydrogen-bond donors (Lipinski definition) is 1. The first-order valence-electron chi connectivity index (χ1n) is 9.01. The summed E-state index contributed by atoms with van der Waals surface area (Å²) in [5, 5.41) is 2.80. The summed E-state index contributed by atoms with van der Waals surface area (Å²) in [7, 11) is 0. The smallest absolute Gasteiger partial charge is 0.262 e. The van der Waals surface area contributed by atoms with Gasteiger partial charge in [-0.1, -0.05) is 19.9 Å². The van der Waals surface area contributed by atoms with Gasteiger partial charge in [0.2, 0.25) is 5.91 Å². The maximum absolute atomic E-state index is 12.9. The molecule has 27 heavy (non-hydrogen) atoms. The van der Waals surface area contributed by atoms with Gasteiger partial charge in [-0.15, -0.1) is 0 Å². The van der Waals surface area contributed by atoms with Gasteiger partial charge in [0, 0.05) is 24.7 Å². The van der Waals surface area contributed by atoms with Crippen LogP contribution >= 0.6 is 0 Å². The van der Waals surface area contributed by atoms with Gasteiger partial charge in [0.1, 0.15) is 11.6 Å². The van der Waals surface area contributed by atoms with Crippen LogP contribution < -0.4 is 10.1 Å². The summed E-state index contributed by atoms with van der Waals surface area (Å²) >= 11 is 0. The van der Waals surface area contributed by atoms with Gasteiger partial charge in [-0.2, -0.15) is 0 Å². The Balaban J connectivity index is 1.59. The van der Waals surface area contributed by atoms with E-state index in [1.165, 1.54) is 29.8 Å². The Kier molecular flexibility index (Phi) is 5.74. The molecule has 0 unspecified atom stereocenters. The van der Waals surface area contributed by atoms with Crippen LogP contribution in [0, 0.1) is 11.7 Å². The molecule has 0 atom stereocenters. The third kappa shape index (κ3) is 4.84. The van der Waals surface area contributed by atoms with Crippen LogP contribution in [-0.4, -0.2) is 29.9 Å². The summed E-state index contributed by atoms with van der Waals surface area (Å²) in [6, 6.07) is 11.3. The Hall–Kier alpha value is -2.89. The molecule has 1 heterocycles. The van der Waals surface area contributed by atoms with Crippen LogP contribution in [0.3, 0.4) is 0 Å². The minimum Gasteiger partial charge on any atom is -0.484 e. The molecule has 5 nitrogen and oxygen atoms in total. The Bertz CT molecular complexity index is 834. The maximum Gasteiger partial charge on any atom is 0.262 e. The highest BCUT2D eigenvalue weighted by Crippen LogP contribution is 2.24. The third-order valence-electron chi connectivity index (χ3n) is 4.49. The number of carbonyl (C=O) groups is 2. The topological polar surface area (TPSA) is 58.6 Å². The van der Waals surface area contributed by atoms with Gasteiger partial charge < -0.3 is 15.0 Å². The molecular formula is C21H23FN2O3. The number of ether oxygens (including phenoxy) is 1. The van der Waals surface area contributed by atoms with Crippen molar-refractivity contribution in [3.63, 3.8) is 0 Å². The van der Waals surface area contributed by atoms with Crippen molar-refractivity contribution in [2.24, 2.45) is 5.92 Å². The van der Waals surface area contributed by atoms with E-state index in [1.54, 1.807) is 0 Å². The quantitative estimate of drug-likeness (QED) is 0.878. The van der Waals surface area contributed by atoms with Crippen LogP contribution in [0.25, 0.3) is 0 Å². The minimum absolute atomic E-state index is 0.0296. The normalized spacial score (nSPS) is 13.3. The molecule has 0 fully saturated rings. The fourth-order valence-electron chi connectivity index (χ4n) is 3.06. The lowest BCUT2D eigenvalue weighted by molar-refractivity contribution is -0.135. The zero-order valence-electron chi connectivity index (χ0n) is 15.5. The molecule has 0 aromatic heterocycles. The van der Waals surface area contributed by atoms with Crippen molar-refractivity contribution in [3.05, 3.63) is 59.4 Å². The molecule has 1 N–H and O–H groups in total. The number of nitrogens with one attached hydrogen (secondary N) is 1. The Labute approximate surface area is 158 Å². The number of fused-ring (bicyclic) bond motifs is 1. The van der Waals surface area contributed by atoms with Gasteiger partial charge in [-0.25, -0.2) is 4.39 Å². The highest BCUT2D eigenvalue weighted by Gasteiger charge is 2.22. The van der Waals surface area contributed by atoms with E-state index in [0.29, 0.717) is 18.0 Å². The molecule has 2 aromatic rings. The predicted octanol–water partition coefficient (Wildman–Crippen LogP) is 3.38. The number of nitrogens with zero attached hydrogens (tertiary/aromatic N) is 1. The first-order valence-corrected chi connectivity index (χ1v) is 9.01. The Morgan fingerprint density at radius 3 is 2.59 bits per heavy atom. The molecule has 142 valence electrons. The van der Waals surface area contributed by atoms with Gasteiger partial charge in [-0.3, -0.25) is 9.59 Å². The zero-order valence-corrected chi connectivity index (χ0v) is 15.5. The summed E-state index contributed by atoms with van der Waals surface area (Å²) < 4.78 is 18.2. The summed E-state index contributed by atoms with van der Waals surface area (Å²) in [5.74, 6) is -0.114. The summed E-state index contributed by atoms with van der Waals surface area (Å²) in [6.07, 6.45) is 0.815. The molecule has 1 aliphatic heterocycles. The lowest BCUT2D eigenvalue weighted by Gasteiger charge is -2.30. The fourth-order valence-corrected chi connectivity index (χ4v) is 3.06. The van der Waals surface area contributed by atoms with E-state index in [2.05, 4.69) is 5.32 Å². The SMILES string of the molecule is CC(C)C(=O)N1CCc2ccc(NC(=O)COc3ccc(F)cc3)cc2C1. The number of rotatable bonds is 5. The molecule has 0 spiro atoms. The molecule has 2 amide bonds. The van der Waals surface area contributed by atoms with Crippen molar-refractivity contribution in [1.82, 2.24) is 4.90 Å². The number of halogens is 1. The van der Waals surface area contributed by atoms with Gasteiger partial charge in [0.05, 0.1) is 0 Å². The second-order valence-corrected chi connectivity index (χ2v) is 6.94. The molecule has 0 saturated heterocycles. The molecule has 1 aliphatic rings. The monoisotopic (exact) mass is 370 g/mol. The highest BCUT2D eigenvalue weighted by atomic mass is 19.1. The molecule has 6 heteroatoms. The first-order chi connectivity index (χ1) is 12.9. The third-order valence-corrected chi connectivity index (χ3v) is 4.49. The zero-order chi connectivity index (χ0) is 19.4. The lowest BCUT2D eigenvalue weighted by Crippen LogP contribution is -2.38. The number of benzene rings is 2. The number of carbonyl (C=O) groups excluding carboxylic acids is 2. The average Bonchev–Trinajstić information content (AvgIpc) is 2.66. The highest BCUT2D eigenvalue weighted by molar-refractivity contribution is 5.92. The van der Waals surface area contributed by atoms with Crippen LogP contribution in [0.4, 0.5) is 10.1 Å². The van der Waals surface area contributed by atoms with Crippen molar-refractivity contribution in [1.29, 1.82) is 0 Å². The number of anilines is 1. The second-order valence-electron chi connectivity index (χ2n) is 6.94. The molecule has 0 bridgehead atoms. The molecule has 0 aliphatic carbocycles. The van der Waals surface area contributed by atoms with Crippen LogP contribution in [0.15, 0.2) is 42.5 Å². The van der Waals surface area contributed by atoms with E-state index < -0.39 is 0 Å². The molecule has 2 aromatic carbocycles. The molecular weight excluding hydrogens is 347 g/mol. The minimum atomic E-state index is -0.356.